The van der Waals surface area contributed by atoms with Crippen molar-refractivity contribution in [2.75, 3.05) is 0 Å². The summed E-state index contributed by atoms with van der Waals surface area (Å²) >= 11 is 12.1. The third-order valence-electron chi connectivity index (χ3n) is 2.61. The molecule has 0 unspecified atom stereocenters. The van der Waals surface area contributed by atoms with Crippen molar-refractivity contribution in [3.63, 3.8) is 0 Å². The molecule has 2 aromatic heterocycles. The minimum atomic E-state index is 0.401. The minimum absolute atomic E-state index is 0.401. The number of rotatable bonds is 1. The van der Waals surface area contributed by atoms with Crippen molar-refractivity contribution >= 4 is 34.2 Å². The van der Waals surface area contributed by atoms with E-state index in [1.54, 1.807) is 6.07 Å². The third kappa shape index (κ3) is 1.79. The van der Waals surface area contributed by atoms with Gasteiger partial charge in [-0.15, -0.1) is 0 Å². The largest absolute Gasteiger partial charge is 0.301 e. The Morgan fingerprint density at radius 3 is 2.53 bits per heavy atom. The predicted molar refractivity (Wildman–Crippen MR) is 71.1 cm³/mol. The molecule has 0 spiro atoms. The summed E-state index contributed by atoms with van der Waals surface area (Å²) in [6, 6.07) is 13.5. The first kappa shape index (κ1) is 10.6. The number of fused-ring (bicyclic) bond motifs is 1. The lowest BCUT2D eigenvalue weighted by atomic mass is 10.3. The van der Waals surface area contributed by atoms with E-state index in [0.717, 1.165) is 16.7 Å². The second-order valence-corrected chi connectivity index (χ2v) is 4.48. The highest BCUT2D eigenvalue weighted by atomic mass is 35.5. The van der Waals surface area contributed by atoms with Crippen LogP contribution in [-0.2, 0) is 0 Å². The molecular weight excluding hydrogens is 255 g/mol. The predicted octanol–water partition coefficient (Wildman–Crippen LogP) is 4.33. The summed E-state index contributed by atoms with van der Waals surface area (Å²) in [5.41, 5.74) is 1.81. The highest BCUT2D eigenvalue weighted by molar-refractivity contribution is 6.37. The van der Waals surface area contributed by atoms with Gasteiger partial charge in [-0.1, -0.05) is 41.4 Å². The highest BCUT2D eigenvalue weighted by Gasteiger charge is 2.08. The van der Waals surface area contributed by atoms with Crippen molar-refractivity contribution < 1.29 is 0 Å². The molecule has 4 heteroatoms. The van der Waals surface area contributed by atoms with E-state index in [2.05, 4.69) is 4.98 Å². The molecule has 0 aliphatic carbocycles. The van der Waals surface area contributed by atoms with Crippen molar-refractivity contribution in [3.05, 3.63) is 58.8 Å². The van der Waals surface area contributed by atoms with Gasteiger partial charge >= 0.3 is 0 Å². The fourth-order valence-electron chi connectivity index (χ4n) is 1.84. The van der Waals surface area contributed by atoms with Crippen LogP contribution in [0.3, 0.4) is 0 Å². The number of hydrogen-bond donors (Lipinski definition) is 0. The zero-order chi connectivity index (χ0) is 11.8. The maximum Gasteiger partial charge on any atom is 0.147 e. The number of halogens is 2. The van der Waals surface area contributed by atoms with Gasteiger partial charge in [-0.3, -0.25) is 0 Å². The summed E-state index contributed by atoms with van der Waals surface area (Å²) in [5.74, 6) is 0. The average molecular weight is 263 g/mol. The molecular formula is C13H8Cl2N2. The highest BCUT2D eigenvalue weighted by Crippen LogP contribution is 2.27. The molecule has 3 rings (SSSR count). The normalized spacial score (nSPS) is 10.9. The lowest BCUT2D eigenvalue weighted by Gasteiger charge is -2.04. The molecule has 84 valence electrons. The van der Waals surface area contributed by atoms with Gasteiger partial charge in [-0.2, -0.15) is 0 Å². The van der Waals surface area contributed by atoms with Crippen molar-refractivity contribution in [1.82, 2.24) is 9.55 Å². The van der Waals surface area contributed by atoms with Crippen molar-refractivity contribution in [2.24, 2.45) is 0 Å². The van der Waals surface area contributed by atoms with Crippen molar-refractivity contribution in [1.29, 1.82) is 0 Å². The molecule has 1 aromatic carbocycles. The maximum atomic E-state index is 6.13. The van der Waals surface area contributed by atoms with E-state index < -0.39 is 0 Å². The first-order valence-corrected chi connectivity index (χ1v) is 5.90. The van der Waals surface area contributed by atoms with Gasteiger partial charge in [0.15, 0.2) is 0 Å². The number of nitrogens with zero attached hydrogens (tertiary/aromatic N) is 2. The van der Waals surface area contributed by atoms with Crippen LogP contribution in [0.4, 0.5) is 0 Å². The smallest absolute Gasteiger partial charge is 0.147 e. The Kier molecular flexibility index (Phi) is 2.54. The first-order chi connectivity index (χ1) is 8.25. The molecule has 2 nitrogen and oxygen atoms in total. The van der Waals surface area contributed by atoms with E-state index in [0.29, 0.717) is 10.2 Å². The molecule has 0 saturated heterocycles. The zero-order valence-corrected chi connectivity index (χ0v) is 10.3. The molecule has 0 fully saturated rings. The number of aromatic nitrogens is 2. The summed E-state index contributed by atoms with van der Waals surface area (Å²) < 4.78 is 1.97. The van der Waals surface area contributed by atoms with Gasteiger partial charge in [0.1, 0.15) is 10.8 Å². The van der Waals surface area contributed by atoms with Crippen molar-refractivity contribution in [3.8, 4) is 5.69 Å². The Morgan fingerprint density at radius 2 is 1.76 bits per heavy atom. The van der Waals surface area contributed by atoms with Gasteiger partial charge < -0.3 is 4.57 Å². The molecule has 0 bridgehead atoms. The van der Waals surface area contributed by atoms with Crippen molar-refractivity contribution in [2.45, 2.75) is 0 Å². The van der Waals surface area contributed by atoms with Gasteiger partial charge in [0, 0.05) is 17.3 Å². The van der Waals surface area contributed by atoms with Gasteiger partial charge in [-0.05, 0) is 24.3 Å². The van der Waals surface area contributed by atoms with Crippen LogP contribution in [0.25, 0.3) is 16.7 Å². The SMILES string of the molecule is Clc1cc(Cl)c2ccn(-c3ccccc3)c2n1. The number of benzene rings is 1. The summed E-state index contributed by atoms with van der Waals surface area (Å²) in [6.45, 7) is 0. The molecule has 0 aliphatic rings. The van der Waals surface area contributed by atoms with Crippen LogP contribution in [0, 0.1) is 0 Å². The third-order valence-corrected chi connectivity index (χ3v) is 3.12. The molecule has 0 saturated carbocycles. The van der Waals surface area contributed by atoms with E-state index in [9.17, 15) is 0 Å². The Hall–Kier alpha value is -1.51. The summed E-state index contributed by atoms with van der Waals surface area (Å²) in [7, 11) is 0. The second-order valence-electron chi connectivity index (χ2n) is 3.69. The lowest BCUT2D eigenvalue weighted by Crippen LogP contribution is -1.93. The van der Waals surface area contributed by atoms with Gasteiger partial charge in [0.25, 0.3) is 0 Å². The van der Waals surface area contributed by atoms with Crippen LogP contribution in [0.2, 0.25) is 10.2 Å². The molecule has 0 radical (unpaired) electrons. The summed E-state index contributed by atoms with van der Waals surface area (Å²) in [5, 5.41) is 1.92. The van der Waals surface area contributed by atoms with Crippen LogP contribution in [-0.4, -0.2) is 9.55 Å². The fraction of sp³-hybridized carbons (Fsp3) is 0. The van der Waals surface area contributed by atoms with E-state index >= 15 is 0 Å². The lowest BCUT2D eigenvalue weighted by molar-refractivity contribution is 1.09. The molecule has 0 atom stereocenters. The summed E-state index contributed by atoms with van der Waals surface area (Å²) in [4.78, 5) is 4.32. The van der Waals surface area contributed by atoms with E-state index in [1.807, 2.05) is 47.2 Å². The number of pyridine rings is 1. The van der Waals surface area contributed by atoms with E-state index in [4.69, 9.17) is 23.2 Å². The monoisotopic (exact) mass is 262 g/mol. The average Bonchev–Trinajstić information content (AvgIpc) is 2.74. The Labute approximate surface area is 108 Å². The Morgan fingerprint density at radius 1 is 1.00 bits per heavy atom. The van der Waals surface area contributed by atoms with Crippen LogP contribution >= 0.6 is 23.2 Å². The zero-order valence-electron chi connectivity index (χ0n) is 8.77. The van der Waals surface area contributed by atoms with Crippen LogP contribution in [0.15, 0.2) is 48.7 Å². The molecule has 2 heterocycles. The quantitative estimate of drug-likeness (QED) is 0.597. The molecule has 0 amide bonds. The molecule has 3 aromatic rings. The van der Waals surface area contributed by atoms with Crippen LogP contribution < -0.4 is 0 Å². The first-order valence-electron chi connectivity index (χ1n) is 5.14. The van der Waals surface area contributed by atoms with Gasteiger partial charge in [0.05, 0.1) is 5.02 Å². The number of hydrogen-bond acceptors (Lipinski definition) is 1. The Bertz CT molecular complexity index is 674. The number of para-hydroxylation sites is 1. The molecule has 0 N–H and O–H groups in total. The molecule has 17 heavy (non-hydrogen) atoms. The van der Waals surface area contributed by atoms with Gasteiger partial charge in [0.2, 0.25) is 0 Å². The van der Waals surface area contributed by atoms with E-state index in [-0.39, 0.29) is 0 Å². The van der Waals surface area contributed by atoms with Crippen LogP contribution in [0.5, 0.6) is 0 Å². The topological polar surface area (TPSA) is 17.8 Å². The maximum absolute atomic E-state index is 6.13. The summed E-state index contributed by atoms with van der Waals surface area (Å²) in [6.07, 6.45) is 1.94. The Balaban J connectivity index is 2.32. The van der Waals surface area contributed by atoms with Crippen LogP contribution in [0.1, 0.15) is 0 Å². The second kappa shape index (κ2) is 4.06. The minimum Gasteiger partial charge on any atom is -0.301 e. The fourth-order valence-corrected chi connectivity index (χ4v) is 2.33. The standard InChI is InChI=1S/C13H8Cl2N2/c14-11-8-12(15)16-13-10(11)6-7-17(13)9-4-2-1-3-5-9/h1-8H. The van der Waals surface area contributed by atoms with Gasteiger partial charge in [-0.25, -0.2) is 4.98 Å². The van der Waals surface area contributed by atoms with E-state index in [1.165, 1.54) is 0 Å². The molecule has 0 aliphatic heterocycles.